The van der Waals surface area contributed by atoms with Gasteiger partial charge in [-0.05, 0) is 67.3 Å². The molecule has 2 aromatic carbocycles. The number of ether oxygens (including phenoxy) is 2. The van der Waals surface area contributed by atoms with Crippen LogP contribution in [0.4, 0.5) is 5.69 Å². The Hall–Kier alpha value is -2.49. The molecule has 0 spiro atoms. The summed E-state index contributed by atoms with van der Waals surface area (Å²) >= 11 is 0. The molecule has 1 fully saturated rings. The Balaban J connectivity index is 1.41. The minimum atomic E-state index is -0.126. The normalized spacial score (nSPS) is 14.3. The lowest BCUT2D eigenvalue weighted by molar-refractivity contribution is 0.102. The van der Waals surface area contributed by atoms with Crippen LogP contribution in [0.3, 0.4) is 0 Å². The highest BCUT2D eigenvalue weighted by Crippen LogP contribution is 2.26. The van der Waals surface area contributed by atoms with Gasteiger partial charge in [-0.3, -0.25) is 4.79 Å². The first-order valence-electron chi connectivity index (χ1n) is 11.5. The Morgan fingerprint density at radius 2 is 1.50 bits per heavy atom. The molecule has 4 heteroatoms. The molecule has 0 aliphatic heterocycles. The van der Waals surface area contributed by atoms with Crippen LogP contribution in [0.25, 0.3) is 0 Å². The summed E-state index contributed by atoms with van der Waals surface area (Å²) in [6.45, 7) is 3.66. The standard InChI is InChI=1S/C26H35NO3/c1-2-3-7-19-29-24-14-10-22(11-15-24)26(28)27-23-12-16-25(17-13-23)30-20-18-21-8-5-4-6-9-21/h10-17,21H,2-9,18-20H2,1H3,(H,27,28). The number of nitrogens with one attached hydrogen (secondary N) is 1. The monoisotopic (exact) mass is 409 g/mol. The van der Waals surface area contributed by atoms with E-state index in [9.17, 15) is 4.79 Å². The van der Waals surface area contributed by atoms with Gasteiger partial charge >= 0.3 is 0 Å². The number of hydrogen-bond donors (Lipinski definition) is 1. The van der Waals surface area contributed by atoms with Gasteiger partial charge in [0.1, 0.15) is 11.5 Å². The van der Waals surface area contributed by atoms with Gasteiger partial charge in [-0.25, -0.2) is 0 Å². The third-order valence-electron chi connectivity index (χ3n) is 5.76. The van der Waals surface area contributed by atoms with Gasteiger partial charge in [-0.2, -0.15) is 0 Å². The molecular formula is C26H35NO3. The van der Waals surface area contributed by atoms with Crippen molar-refractivity contribution in [1.82, 2.24) is 0 Å². The molecule has 0 bridgehead atoms. The quantitative estimate of drug-likeness (QED) is 0.413. The average Bonchev–Trinajstić information content (AvgIpc) is 2.79. The maximum Gasteiger partial charge on any atom is 0.255 e. The fourth-order valence-electron chi connectivity index (χ4n) is 3.90. The van der Waals surface area contributed by atoms with Gasteiger partial charge in [0.05, 0.1) is 13.2 Å². The molecule has 0 unspecified atom stereocenters. The molecule has 4 nitrogen and oxygen atoms in total. The van der Waals surface area contributed by atoms with E-state index in [4.69, 9.17) is 9.47 Å². The zero-order chi connectivity index (χ0) is 21.0. The van der Waals surface area contributed by atoms with Crippen LogP contribution in [-0.4, -0.2) is 19.1 Å². The first-order valence-corrected chi connectivity index (χ1v) is 11.5. The Morgan fingerprint density at radius 3 is 2.17 bits per heavy atom. The van der Waals surface area contributed by atoms with E-state index < -0.39 is 0 Å². The third kappa shape index (κ3) is 7.40. The first-order chi connectivity index (χ1) is 14.7. The zero-order valence-corrected chi connectivity index (χ0v) is 18.2. The lowest BCUT2D eigenvalue weighted by Crippen LogP contribution is -2.12. The second-order valence-electron chi connectivity index (χ2n) is 8.20. The number of benzene rings is 2. The second kappa shape index (κ2) is 12.3. The lowest BCUT2D eigenvalue weighted by atomic mass is 9.87. The maximum absolute atomic E-state index is 12.5. The number of carbonyl (C=O) groups is 1. The fraction of sp³-hybridized carbons (Fsp3) is 0.500. The first kappa shape index (κ1) is 22.2. The summed E-state index contributed by atoms with van der Waals surface area (Å²) in [4.78, 5) is 12.5. The van der Waals surface area contributed by atoms with Crippen molar-refractivity contribution < 1.29 is 14.3 Å². The Labute approximate surface area is 181 Å². The SMILES string of the molecule is CCCCCOc1ccc(C(=O)Nc2ccc(OCCC3CCCCC3)cc2)cc1. The van der Waals surface area contributed by atoms with E-state index >= 15 is 0 Å². The number of anilines is 1. The number of amides is 1. The van der Waals surface area contributed by atoms with Crippen molar-refractivity contribution in [3.05, 3.63) is 54.1 Å². The Bertz CT molecular complexity index is 749. The molecule has 30 heavy (non-hydrogen) atoms. The highest BCUT2D eigenvalue weighted by atomic mass is 16.5. The molecule has 0 aromatic heterocycles. The molecule has 0 radical (unpaired) electrons. The van der Waals surface area contributed by atoms with E-state index in [-0.39, 0.29) is 5.91 Å². The molecule has 1 saturated carbocycles. The van der Waals surface area contributed by atoms with Crippen molar-refractivity contribution in [3.8, 4) is 11.5 Å². The predicted octanol–water partition coefficient (Wildman–Crippen LogP) is 6.86. The van der Waals surface area contributed by atoms with Crippen LogP contribution < -0.4 is 14.8 Å². The Kier molecular flexibility index (Phi) is 9.07. The van der Waals surface area contributed by atoms with E-state index in [1.165, 1.54) is 44.9 Å². The molecule has 1 amide bonds. The van der Waals surface area contributed by atoms with Gasteiger partial charge in [-0.1, -0.05) is 51.9 Å². The summed E-state index contributed by atoms with van der Waals surface area (Å²) in [6.07, 6.45) is 11.4. The van der Waals surface area contributed by atoms with Gasteiger partial charge in [0.25, 0.3) is 5.91 Å². The van der Waals surface area contributed by atoms with E-state index in [0.717, 1.165) is 42.6 Å². The van der Waals surface area contributed by atoms with E-state index in [1.807, 2.05) is 36.4 Å². The highest BCUT2D eigenvalue weighted by Gasteiger charge is 2.13. The highest BCUT2D eigenvalue weighted by molar-refractivity contribution is 6.04. The van der Waals surface area contributed by atoms with Crippen molar-refractivity contribution in [3.63, 3.8) is 0 Å². The number of unbranched alkanes of at least 4 members (excludes halogenated alkanes) is 2. The molecule has 0 atom stereocenters. The third-order valence-corrected chi connectivity index (χ3v) is 5.76. The summed E-state index contributed by atoms with van der Waals surface area (Å²) in [5.41, 5.74) is 1.38. The molecule has 1 aliphatic carbocycles. The van der Waals surface area contributed by atoms with Crippen LogP contribution >= 0.6 is 0 Å². The molecule has 0 heterocycles. The Morgan fingerprint density at radius 1 is 0.867 bits per heavy atom. The molecule has 3 rings (SSSR count). The number of hydrogen-bond acceptors (Lipinski definition) is 3. The maximum atomic E-state index is 12.5. The van der Waals surface area contributed by atoms with Crippen LogP contribution in [0.5, 0.6) is 11.5 Å². The van der Waals surface area contributed by atoms with Crippen molar-refractivity contribution >= 4 is 11.6 Å². The van der Waals surface area contributed by atoms with Crippen LogP contribution in [0.15, 0.2) is 48.5 Å². The molecule has 1 aliphatic rings. The van der Waals surface area contributed by atoms with Crippen LogP contribution in [0, 0.1) is 5.92 Å². The van der Waals surface area contributed by atoms with E-state index in [0.29, 0.717) is 12.2 Å². The summed E-state index contributed by atoms with van der Waals surface area (Å²) in [5.74, 6) is 2.36. The summed E-state index contributed by atoms with van der Waals surface area (Å²) in [7, 11) is 0. The van der Waals surface area contributed by atoms with Gasteiger partial charge < -0.3 is 14.8 Å². The molecule has 0 saturated heterocycles. The second-order valence-corrected chi connectivity index (χ2v) is 8.20. The zero-order valence-electron chi connectivity index (χ0n) is 18.2. The topological polar surface area (TPSA) is 47.6 Å². The molecule has 162 valence electrons. The molecule has 1 N–H and O–H groups in total. The molecule has 2 aromatic rings. The van der Waals surface area contributed by atoms with Crippen molar-refractivity contribution in [2.75, 3.05) is 18.5 Å². The minimum Gasteiger partial charge on any atom is -0.494 e. The molecular weight excluding hydrogens is 374 g/mol. The van der Waals surface area contributed by atoms with Crippen molar-refractivity contribution in [2.24, 2.45) is 5.92 Å². The van der Waals surface area contributed by atoms with Gasteiger partial charge in [0.15, 0.2) is 0 Å². The van der Waals surface area contributed by atoms with Crippen LogP contribution in [-0.2, 0) is 0 Å². The number of rotatable bonds is 11. The largest absolute Gasteiger partial charge is 0.494 e. The smallest absolute Gasteiger partial charge is 0.255 e. The summed E-state index contributed by atoms with van der Waals surface area (Å²) < 4.78 is 11.6. The summed E-state index contributed by atoms with van der Waals surface area (Å²) in [5, 5.41) is 2.94. The predicted molar refractivity (Wildman–Crippen MR) is 123 cm³/mol. The fourth-order valence-corrected chi connectivity index (χ4v) is 3.90. The van der Waals surface area contributed by atoms with Crippen LogP contribution in [0.1, 0.15) is 75.1 Å². The van der Waals surface area contributed by atoms with E-state index in [1.54, 1.807) is 12.1 Å². The van der Waals surface area contributed by atoms with Crippen molar-refractivity contribution in [2.45, 2.75) is 64.7 Å². The summed E-state index contributed by atoms with van der Waals surface area (Å²) in [6, 6.07) is 14.9. The van der Waals surface area contributed by atoms with Gasteiger partial charge in [0.2, 0.25) is 0 Å². The van der Waals surface area contributed by atoms with Gasteiger partial charge in [-0.15, -0.1) is 0 Å². The van der Waals surface area contributed by atoms with Gasteiger partial charge in [0, 0.05) is 11.3 Å². The van der Waals surface area contributed by atoms with Crippen molar-refractivity contribution in [1.29, 1.82) is 0 Å². The van der Waals surface area contributed by atoms with Crippen LogP contribution in [0.2, 0.25) is 0 Å². The van der Waals surface area contributed by atoms with E-state index in [2.05, 4.69) is 12.2 Å². The number of carbonyl (C=O) groups excluding carboxylic acids is 1. The minimum absolute atomic E-state index is 0.126. The average molecular weight is 410 g/mol. The lowest BCUT2D eigenvalue weighted by Gasteiger charge is -2.21.